The molecule has 2 saturated heterocycles. The number of aliphatic hydroxyl groups is 1. The number of nitrogens with zero attached hydrogens (tertiary/aromatic N) is 1. The number of hydrogen-bond acceptors (Lipinski definition) is 3. The smallest absolute Gasteiger partial charge is 0.369 e. The highest BCUT2D eigenvalue weighted by atomic mass is 19.4. The molecule has 2 heterocycles. The Bertz CT molecular complexity index is 1020. The van der Waals surface area contributed by atoms with Gasteiger partial charge in [0.2, 0.25) is 5.91 Å². The second-order valence-corrected chi connectivity index (χ2v) is 8.81. The number of alkyl halides is 3. The molecule has 5 nitrogen and oxygen atoms in total. The van der Waals surface area contributed by atoms with Gasteiger partial charge in [0.15, 0.2) is 0 Å². The third kappa shape index (κ3) is 4.10. The number of halogens is 4. The second-order valence-electron chi connectivity index (χ2n) is 8.81. The van der Waals surface area contributed by atoms with Crippen LogP contribution in [0.3, 0.4) is 0 Å². The standard InChI is InChI=1S/C24H24F4N2O3/c25-18-8-6-16(7-9-18)19-15-29-20(31)14-22(19)10-12-30(13-11-22)21(32)23(33,24(26,27)28)17-4-2-1-3-5-17/h1-9,19,33H,10-15H2,(H,29,31)/t19-,23+/m0/s1. The van der Waals surface area contributed by atoms with Crippen LogP contribution < -0.4 is 5.32 Å². The van der Waals surface area contributed by atoms with E-state index in [-0.39, 0.29) is 50.0 Å². The van der Waals surface area contributed by atoms with Crippen molar-refractivity contribution < 1.29 is 32.3 Å². The van der Waals surface area contributed by atoms with E-state index >= 15 is 0 Å². The topological polar surface area (TPSA) is 69.6 Å². The predicted octanol–water partition coefficient (Wildman–Crippen LogP) is 3.49. The van der Waals surface area contributed by atoms with Crippen LogP contribution in [0.1, 0.15) is 36.3 Å². The molecule has 2 amide bonds. The van der Waals surface area contributed by atoms with Crippen molar-refractivity contribution in [1.29, 1.82) is 0 Å². The Balaban J connectivity index is 1.59. The molecule has 0 saturated carbocycles. The summed E-state index contributed by atoms with van der Waals surface area (Å²) in [6, 6.07) is 12.3. The zero-order valence-electron chi connectivity index (χ0n) is 17.7. The fourth-order valence-corrected chi connectivity index (χ4v) is 5.10. The maximum atomic E-state index is 13.9. The molecule has 9 heteroatoms. The van der Waals surface area contributed by atoms with Gasteiger partial charge in [-0.15, -0.1) is 0 Å². The van der Waals surface area contributed by atoms with Crippen molar-refractivity contribution in [3.05, 3.63) is 71.5 Å². The van der Waals surface area contributed by atoms with Crippen molar-refractivity contribution in [1.82, 2.24) is 10.2 Å². The monoisotopic (exact) mass is 464 g/mol. The number of likely N-dealkylation sites (tertiary alicyclic amines) is 1. The van der Waals surface area contributed by atoms with Gasteiger partial charge in [-0.05, 0) is 36.0 Å². The zero-order chi connectivity index (χ0) is 23.9. The van der Waals surface area contributed by atoms with Gasteiger partial charge in [0.1, 0.15) is 5.82 Å². The molecule has 0 aromatic heterocycles. The Morgan fingerprint density at radius 1 is 1.03 bits per heavy atom. The maximum Gasteiger partial charge on any atom is 0.430 e. The molecule has 2 aliphatic heterocycles. The van der Waals surface area contributed by atoms with Gasteiger partial charge >= 0.3 is 6.18 Å². The summed E-state index contributed by atoms with van der Waals surface area (Å²) >= 11 is 0. The van der Waals surface area contributed by atoms with Gasteiger partial charge in [0.05, 0.1) is 0 Å². The number of carbonyl (C=O) groups is 2. The lowest BCUT2D eigenvalue weighted by Crippen LogP contribution is -2.59. The number of carbonyl (C=O) groups excluding carboxylic acids is 2. The van der Waals surface area contributed by atoms with E-state index in [0.29, 0.717) is 6.54 Å². The van der Waals surface area contributed by atoms with Gasteiger partial charge in [-0.2, -0.15) is 13.2 Å². The van der Waals surface area contributed by atoms with Gasteiger partial charge in [0, 0.05) is 37.5 Å². The van der Waals surface area contributed by atoms with Gasteiger partial charge in [0.25, 0.3) is 11.5 Å². The molecule has 176 valence electrons. The lowest BCUT2D eigenvalue weighted by molar-refractivity contribution is -0.262. The minimum atomic E-state index is -5.21. The first-order valence-corrected chi connectivity index (χ1v) is 10.7. The van der Waals surface area contributed by atoms with Crippen LogP contribution in [0.25, 0.3) is 0 Å². The van der Waals surface area contributed by atoms with Crippen LogP contribution in [0.5, 0.6) is 0 Å². The van der Waals surface area contributed by atoms with Crippen molar-refractivity contribution in [2.75, 3.05) is 19.6 Å². The Hall–Kier alpha value is -2.94. The van der Waals surface area contributed by atoms with Gasteiger partial charge in [-0.3, -0.25) is 9.59 Å². The molecular formula is C24H24F4N2O3. The maximum absolute atomic E-state index is 13.9. The minimum Gasteiger partial charge on any atom is -0.369 e. The third-order valence-electron chi connectivity index (χ3n) is 6.99. The van der Waals surface area contributed by atoms with E-state index in [4.69, 9.17) is 0 Å². The number of amides is 2. The summed E-state index contributed by atoms with van der Waals surface area (Å²) < 4.78 is 55.2. The van der Waals surface area contributed by atoms with Crippen molar-refractivity contribution in [2.45, 2.75) is 37.0 Å². The summed E-state index contributed by atoms with van der Waals surface area (Å²) in [6.07, 6.45) is -4.46. The lowest BCUT2D eigenvalue weighted by Gasteiger charge is -2.50. The fourth-order valence-electron chi connectivity index (χ4n) is 5.10. The highest BCUT2D eigenvalue weighted by Gasteiger charge is 2.62. The molecule has 4 rings (SSSR count). The molecule has 0 bridgehead atoms. The quantitative estimate of drug-likeness (QED) is 0.684. The van der Waals surface area contributed by atoms with E-state index in [1.54, 1.807) is 12.1 Å². The lowest BCUT2D eigenvalue weighted by atomic mass is 9.62. The Morgan fingerprint density at radius 3 is 2.21 bits per heavy atom. The first-order chi connectivity index (χ1) is 15.6. The highest BCUT2D eigenvalue weighted by molar-refractivity contribution is 5.87. The Morgan fingerprint density at radius 2 is 1.64 bits per heavy atom. The first-order valence-electron chi connectivity index (χ1n) is 10.7. The summed E-state index contributed by atoms with van der Waals surface area (Å²) in [4.78, 5) is 26.3. The molecule has 2 N–H and O–H groups in total. The predicted molar refractivity (Wildman–Crippen MR) is 111 cm³/mol. The summed E-state index contributed by atoms with van der Waals surface area (Å²) in [5.74, 6) is -2.14. The highest BCUT2D eigenvalue weighted by Crippen LogP contribution is 2.50. The third-order valence-corrected chi connectivity index (χ3v) is 6.99. The van der Waals surface area contributed by atoms with E-state index in [1.165, 1.54) is 30.3 Å². The van der Waals surface area contributed by atoms with E-state index in [9.17, 15) is 32.3 Å². The van der Waals surface area contributed by atoms with Crippen molar-refractivity contribution in [2.24, 2.45) is 5.41 Å². The molecule has 33 heavy (non-hydrogen) atoms. The van der Waals surface area contributed by atoms with Gasteiger partial charge < -0.3 is 15.3 Å². The van der Waals surface area contributed by atoms with E-state index < -0.39 is 28.7 Å². The Kier molecular flexibility index (Phi) is 5.94. The molecule has 2 aromatic rings. The molecule has 0 unspecified atom stereocenters. The Labute approximate surface area is 188 Å². The molecule has 2 atom stereocenters. The van der Waals surface area contributed by atoms with Crippen LogP contribution >= 0.6 is 0 Å². The number of piperidine rings is 2. The summed E-state index contributed by atoms with van der Waals surface area (Å²) in [7, 11) is 0. The number of hydrogen-bond donors (Lipinski definition) is 2. The van der Waals surface area contributed by atoms with Crippen molar-refractivity contribution in [3.8, 4) is 0 Å². The average molecular weight is 464 g/mol. The van der Waals surface area contributed by atoms with Gasteiger partial charge in [-0.25, -0.2) is 4.39 Å². The minimum absolute atomic E-state index is 0.0327. The van der Waals surface area contributed by atoms with Gasteiger partial charge in [-0.1, -0.05) is 42.5 Å². The largest absolute Gasteiger partial charge is 0.430 e. The molecule has 0 aliphatic carbocycles. The van der Waals surface area contributed by atoms with E-state index in [0.717, 1.165) is 22.6 Å². The summed E-state index contributed by atoms with van der Waals surface area (Å²) in [6.45, 7) is 0.263. The average Bonchev–Trinajstić information content (AvgIpc) is 2.79. The van der Waals surface area contributed by atoms with E-state index in [2.05, 4.69) is 5.32 Å². The SMILES string of the molecule is O=C1CC2(CCN(C(=O)[C@](O)(c3ccccc3)C(F)(F)F)CC2)[C@H](c2ccc(F)cc2)CN1. The molecular weight excluding hydrogens is 440 g/mol. The van der Waals surface area contributed by atoms with Crippen LogP contribution in [0, 0.1) is 11.2 Å². The fraction of sp³-hybridized carbons (Fsp3) is 0.417. The van der Waals surface area contributed by atoms with Crippen LogP contribution in [-0.4, -0.2) is 47.6 Å². The first kappa shape index (κ1) is 23.2. The van der Waals surface area contributed by atoms with E-state index in [1.807, 2.05) is 0 Å². The summed E-state index contributed by atoms with van der Waals surface area (Å²) in [5, 5.41) is 13.4. The number of benzene rings is 2. The van der Waals surface area contributed by atoms with Crippen LogP contribution in [0.15, 0.2) is 54.6 Å². The molecule has 0 radical (unpaired) electrons. The number of rotatable bonds is 3. The molecule has 1 spiro atoms. The second kappa shape index (κ2) is 8.44. The van der Waals surface area contributed by atoms with Crippen molar-refractivity contribution in [3.63, 3.8) is 0 Å². The van der Waals surface area contributed by atoms with Crippen LogP contribution in [0.2, 0.25) is 0 Å². The van der Waals surface area contributed by atoms with Crippen LogP contribution in [0.4, 0.5) is 17.6 Å². The molecule has 2 aromatic carbocycles. The van der Waals surface area contributed by atoms with Crippen LogP contribution in [-0.2, 0) is 15.2 Å². The number of nitrogens with one attached hydrogen (secondary N) is 1. The van der Waals surface area contributed by atoms with Crippen molar-refractivity contribution >= 4 is 11.8 Å². The normalized spacial score (nSPS) is 22.5. The summed E-state index contributed by atoms with van der Waals surface area (Å²) in [5.41, 5.74) is -3.93. The molecule has 2 fully saturated rings. The zero-order valence-corrected chi connectivity index (χ0v) is 17.7. The molecule has 2 aliphatic rings.